The first kappa shape index (κ1) is 22.6. The molecule has 31 heavy (non-hydrogen) atoms. The van der Waals surface area contributed by atoms with Crippen LogP contribution in [-0.4, -0.2) is 55.2 Å². The molecule has 2 saturated heterocycles. The van der Waals surface area contributed by atoms with Crippen LogP contribution in [0.2, 0.25) is 0 Å². The topological polar surface area (TPSA) is 120 Å². The maximum atomic E-state index is 12.7. The summed E-state index contributed by atoms with van der Waals surface area (Å²) in [5.74, 6) is -1.04. The van der Waals surface area contributed by atoms with E-state index in [0.29, 0.717) is 31.9 Å². The van der Waals surface area contributed by atoms with E-state index >= 15 is 0 Å². The fourth-order valence-corrected chi connectivity index (χ4v) is 3.51. The molecule has 2 fully saturated rings. The number of allylic oxidation sites excluding steroid dienone is 2. The van der Waals surface area contributed by atoms with Gasteiger partial charge in [-0.25, -0.2) is 0 Å². The van der Waals surface area contributed by atoms with Crippen molar-refractivity contribution < 1.29 is 24.0 Å². The van der Waals surface area contributed by atoms with E-state index < -0.39 is 16.7 Å². The lowest BCUT2D eigenvalue weighted by Gasteiger charge is -2.14. The Hall–Kier alpha value is -3.04. The zero-order chi connectivity index (χ0) is 22.1. The third kappa shape index (κ3) is 6.73. The highest BCUT2D eigenvalue weighted by Crippen LogP contribution is 2.19. The van der Waals surface area contributed by atoms with Crippen LogP contribution in [0.25, 0.3) is 6.08 Å². The summed E-state index contributed by atoms with van der Waals surface area (Å²) in [7, 11) is 0. The molecule has 166 valence electrons. The highest BCUT2D eigenvalue weighted by molar-refractivity contribution is 6.18. The van der Waals surface area contributed by atoms with Gasteiger partial charge >= 0.3 is 0 Å². The molecule has 2 N–H and O–H groups in total. The van der Waals surface area contributed by atoms with Crippen molar-refractivity contribution in [2.45, 2.75) is 37.9 Å². The number of carbonyl (C=O) groups excluding carboxylic acids is 2. The second-order valence-corrected chi connectivity index (χ2v) is 7.45. The van der Waals surface area contributed by atoms with E-state index in [1.54, 1.807) is 18.2 Å². The Bertz CT molecular complexity index is 821. The maximum Gasteiger partial charge on any atom is 0.276 e. The Morgan fingerprint density at radius 1 is 1.03 bits per heavy atom. The number of nitrogens with one attached hydrogen (secondary N) is 2. The van der Waals surface area contributed by atoms with E-state index in [9.17, 15) is 19.7 Å². The number of nitrogens with zero attached hydrogens (tertiary/aromatic N) is 1. The molecule has 2 unspecified atom stereocenters. The molecule has 3 rings (SSSR count). The molecule has 2 amide bonds. The van der Waals surface area contributed by atoms with Gasteiger partial charge in [0.25, 0.3) is 17.5 Å². The molecule has 0 bridgehead atoms. The molecule has 2 aliphatic heterocycles. The summed E-state index contributed by atoms with van der Waals surface area (Å²) in [4.78, 5) is 36.1. The first-order valence-electron chi connectivity index (χ1n) is 10.5. The molecule has 9 nitrogen and oxygen atoms in total. The van der Waals surface area contributed by atoms with E-state index in [4.69, 9.17) is 9.47 Å². The van der Waals surface area contributed by atoms with Crippen LogP contribution in [0.15, 0.2) is 42.0 Å². The fourth-order valence-electron chi connectivity index (χ4n) is 3.51. The summed E-state index contributed by atoms with van der Waals surface area (Å²) in [5, 5.41) is 16.7. The van der Waals surface area contributed by atoms with Crippen molar-refractivity contribution in [1.29, 1.82) is 0 Å². The number of para-hydroxylation sites is 1. The smallest absolute Gasteiger partial charge is 0.276 e. The van der Waals surface area contributed by atoms with Crippen molar-refractivity contribution in [2.75, 3.05) is 26.3 Å². The van der Waals surface area contributed by atoms with Gasteiger partial charge in [0.2, 0.25) is 0 Å². The molecule has 0 spiro atoms. The van der Waals surface area contributed by atoms with Crippen LogP contribution >= 0.6 is 0 Å². The van der Waals surface area contributed by atoms with Gasteiger partial charge in [0.15, 0.2) is 0 Å². The van der Waals surface area contributed by atoms with E-state index in [2.05, 4.69) is 10.6 Å². The minimum Gasteiger partial charge on any atom is -0.376 e. The number of hydrogen-bond acceptors (Lipinski definition) is 6. The van der Waals surface area contributed by atoms with Crippen molar-refractivity contribution in [2.24, 2.45) is 0 Å². The standard InChI is InChI=1S/C22H27N3O6/c26-21(23-14-17-8-4-12-30-17)19(22(27)24-15-18-9-5-13-31-18)10-3-7-16-6-1-2-11-20(16)25(28)29/h1-3,6-7,10-11,17-18H,4-5,8-9,12-15H2,(H,23,26)(H,24,27). The Morgan fingerprint density at radius 3 is 2.13 bits per heavy atom. The Labute approximate surface area is 180 Å². The number of ether oxygens (including phenoxy) is 2. The molecule has 2 aliphatic rings. The first-order chi connectivity index (χ1) is 15.0. The number of amides is 2. The lowest BCUT2D eigenvalue weighted by molar-refractivity contribution is -0.385. The molecule has 0 radical (unpaired) electrons. The number of nitro groups is 1. The van der Waals surface area contributed by atoms with Crippen molar-refractivity contribution in [3.63, 3.8) is 0 Å². The average molecular weight is 429 g/mol. The first-order valence-corrected chi connectivity index (χ1v) is 10.5. The summed E-state index contributed by atoms with van der Waals surface area (Å²) in [6, 6.07) is 6.25. The number of carbonyl (C=O) groups is 2. The van der Waals surface area contributed by atoms with Gasteiger partial charge in [0.05, 0.1) is 22.7 Å². The minimum atomic E-state index is -0.521. The molecular formula is C22H27N3O6. The number of hydrogen-bond donors (Lipinski definition) is 2. The van der Waals surface area contributed by atoms with Crippen molar-refractivity contribution in [3.05, 3.63) is 57.7 Å². The third-order valence-corrected chi connectivity index (χ3v) is 5.19. The van der Waals surface area contributed by atoms with E-state index in [-0.39, 0.29) is 23.5 Å². The van der Waals surface area contributed by atoms with Gasteiger partial charge in [-0.2, -0.15) is 0 Å². The van der Waals surface area contributed by atoms with Crippen LogP contribution in [0.4, 0.5) is 5.69 Å². The largest absolute Gasteiger partial charge is 0.376 e. The summed E-state index contributed by atoms with van der Waals surface area (Å²) >= 11 is 0. The van der Waals surface area contributed by atoms with Crippen LogP contribution < -0.4 is 10.6 Å². The molecule has 0 saturated carbocycles. The monoisotopic (exact) mass is 429 g/mol. The number of nitro benzene ring substituents is 1. The lowest BCUT2D eigenvalue weighted by atomic mass is 10.1. The van der Waals surface area contributed by atoms with Crippen LogP contribution in [0.3, 0.4) is 0 Å². The zero-order valence-electron chi connectivity index (χ0n) is 17.2. The normalized spacial score (nSPS) is 20.5. The van der Waals surface area contributed by atoms with E-state index in [0.717, 1.165) is 25.7 Å². The minimum absolute atomic E-state index is 0.0531. The number of benzene rings is 1. The quantitative estimate of drug-likeness (QED) is 0.155. The Kier molecular flexibility index (Phi) is 8.31. The number of rotatable bonds is 9. The Morgan fingerprint density at radius 2 is 1.61 bits per heavy atom. The third-order valence-electron chi connectivity index (χ3n) is 5.19. The van der Waals surface area contributed by atoms with Gasteiger partial charge in [-0.1, -0.05) is 18.2 Å². The molecule has 0 aliphatic carbocycles. The second-order valence-electron chi connectivity index (χ2n) is 7.45. The highest BCUT2D eigenvalue weighted by atomic mass is 16.6. The van der Waals surface area contributed by atoms with Gasteiger partial charge in [-0.15, -0.1) is 0 Å². The highest BCUT2D eigenvalue weighted by Gasteiger charge is 2.23. The predicted octanol–water partition coefficient (Wildman–Crippen LogP) is 2.12. The lowest BCUT2D eigenvalue weighted by Crippen LogP contribution is -2.40. The van der Waals surface area contributed by atoms with Gasteiger partial charge in [-0.3, -0.25) is 19.7 Å². The van der Waals surface area contributed by atoms with Crippen molar-refractivity contribution in [1.82, 2.24) is 10.6 Å². The van der Waals surface area contributed by atoms with Crippen LogP contribution in [0, 0.1) is 10.1 Å². The van der Waals surface area contributed by atoms with E-state index in [1.807, 2.05) is 0 Å². The van der Waals surface area contributed by atoms with Crippen molar-refractivity contribution in [3.8, 4) is 0 Å². The molecule has 1 aromatic carbocycles. The van der Waals surface area contributed by atoms with Gasteiger partial charge in [0.1, 0.15) is 5.57 Å². The molecular weight excluding hydrogens is 402 g/mol. The van der Waals surface area contributed by atoms with E-state index in [1.165, 1.54) is 24.3 Å². The maximum absolute atomic E-state index is 12.7. The molecule has 9 heteroatoms. The van der Waals surface area contributed by atoms with Crippen LogP contribution in [-0.2, 0) is 19.1 Å². The summed E-state index contributed by atoms with van der Waals surface area (Å²) in [5.41, 5.74) is 0.243. The SMILES string of the molecule is O=C(NCC1CCCO1)C(=CC=Cc1ccccc1[N+](=O)[O-])C(=O)NCC1CCCO1. The average Bonchev–Trinajstić information content (AvgIpc) is 3.48. The predicted molar refractivity (Wildman–Crippen MR) is 114 cm³/mol. The molecule has 0 aromatic heterocycles. The summed E-state index contributed by atoms with van der Waals surface area (Å²) in [6.45, 7) is 1.99. The van der Waals surface area contributed by atoms with Crippen molar-refractivity contribution >= 4 is 23.6 Å². The van der Waals surface area contributed by atoms with Gasteiger partial charge in [-0.05, 0) is 43.9 Å². The molecule has 2 heterocycles. The molecule has 1 aromatic rings. The summed E-state index contributed by atoms with van der Waals surface area (Å²) < 4.78 is 11.0. The Balaban J connectivity index is 1.70. The second kappa shape index (κ2) is 11.4. The zero-order valence-corrected chi connectivity index (χ0v) is 17.2. The fraction of sp³-hybridized carbons (Fsp3) is 0.455. The summed E-state index contributed by atoms with van der Waals surface area (Å²) in [6.07, 6.45) is 7.85. The van der Waals surface area contributed by atoms with Gasteiger partial charge < -0.3 is 20.1 Å². The van der Waals surface area contributed by atoms with Gasteiger partial charge in [0, 0.05) is 32.4 Å². The van der Waals surface area contributed by atoms with Crippen LogP contribution in [0.5, 0.6) is 0 Å². The molecule has 2 atom stereocenters. The van der Waals surface area contributed by atoms with Crippen LogP contribution in [0.1, 0.15) is 31.2 Å².